The highest BCUT2D eigenvalue weighted by Crippen LogP contribution is 2.30. The summed E-state index contributed by atoms with van der Waals surface area (Å²) in [6.45, 7) is 1.95. The number of amides is 1. The van der Waals surface area contributed by atoms with Crippen LogP contribution >= 0.6 is 0 Å². The van der Waals surface area contributed by atoms with Crippen molar-refractivity contribution in [3.05, 3.63) is 53.9 Å². The molecule has 3 rings (SSSR count). The van der Waals surface area contributed by atoms with Crippen molar-refractivity contribution in [2.75, 3.05) is 14.2 Å². The molecule has 0 aliphatic carbocycles. The van der Waals surface area contributed by atoms with Gasteiger partial charge in [-0.25, -0.2) is 4.98 Å². The van der Waals surface area contributed by atoms with Crippen molar-refractivity contribution in [1.29, 1.82) is 0 Å². The Bertz CT molecular complexity index is 933. The Morgan fingerprint density at radius 3 is 2.73 bits per heavy atom. The van der Waals surface area contributed by atoms with Gasteiger partial charge in [0.2, 0.25) is 5.91 Å². The smallest absolute Gasteiger partial charge is 0.224 e. The van der Waals surface area contributed by atoms with Crippen LogP contribution in [0.25, 0.3) is 11.0 Å². The number of ether oxygens (including phenoxy) is 2. The normalized spacial score (nSPS) is 12.0. The third-order valence-corrected chi connectivity index (χ3v) is 4.45. The molecule has 0 aliphatic heterocycles. The first-order valence-electron chi connectivity index (χ1n) is 8.43. The lowest BCUT2D eigenvalue weighted by molar-refractivity contribution is -0.121. The van der Waals surface area contributed by atoms with Gasteiger partial charge in [0.1, 0.15) is 5.65 Å². The lowest BCUT2D eigenvalue weighted by Gasteiger charge is -2.16. The Morgan fingerprint density at radius 1 is 1.23 bits per heavy atom. The van der Waals surface area contributed by atoms with Crippen LogP contribution in [-0.2, 0) is 18.3 Å². The standard InChI is InChI=1S/C20H23N3O3/c1-13(14-7-8-17(25-3)18(10-14)26-4)22-19(24)11-15-12-23(2)20-16(15)6-5-9-21-20/h5-10,12-13H,11H2,1-4H3,(H,22,24). The Labute approximate surface area is 152 Å². The average Bonchev–Trinajstić information content (AvgIpc) is 2.96. The number of nitrogens with one attached hydrogen (secondary N) is 1. The van der Waals surface area contributed by atoms with Gasteiger partial charge in [0.15, 0.2) is 11.5 Å². The van der Waals surface area contributed by atoms with E-state index in [9.17, 15) is 4.79 Å². The molecule has 1 amide bonds. The highest BCUT2D eigenvalue weighted by Gasteiger charge is 2.15. The first-order chi connectivity index (χ1) is 12.5. The Morgan fingerprint density at radius 2 is 2.00 bits per heavy atom. The number of benzene rings is 1. The average molecular weight is 353 g/mol. The maximum absolute atomic E-state index is 12.5. The second-order valence-electron chi connectivity index (χ2n) is 6.22. The van der Waals surface area contributed by atoms with Gasteiger partial charge in [-0.05, 0) is 42.3 Å². The van der Waals surface area contributed by atoms with E-state index in [4.69, 9.17) is 9.47 Å². The highest BCUT2D eigenvalue weighted by molar-refractivity contribution is 5.87. The molecular formula is C20H23N3O3. The molecule has 1 aromatic carbocycles. The summed E-state index contributed by atoms with van der Waals surface area (Å²) in [6, 6.07) is 9.38. The van der Waals surface area contributed by atoms with Crippen LogP contribution < -0.4 is 14.8 Å². The third kappa shape index (κ3) is 3.49. The molecule has 0 saturated carbocycles. The maximum atomic E-state index is 12.5. The zero-order valence-electron chi connectivity index (χ0n) is 15.4. The molecule has 3 aromatic rings. The van der Waals surface area contributed by atoms with Crippen LogP contribution in [0.5, 0.6) is 11.5 Å². The number of aryl methyl sites for hydroxylation is 1. The molecule has 2 heterocycles. The number of carbonyl (C=O) groups is 1. The van der Waals surface area contributed by atoms with E-state index in [1.807, 2.05) is 55.1 Å². The van der Waals surface area contributed by atoms with Crippen LogP contribution in [0.3, 0.4) is 0 Å². The van der Waals surface area contributed by atoms with Crippen molar-refractivity contribution in [3.63, 3.8) is 0 Å². The van der Waals surface area contributed by atoms with Gasteiger partial charge >= 0.3 is 0 Å². The van der Waals surface area contributed by atoms with Crippen LogP contribution in [0.4, 0.5) is 0 Å². The lowest BCUT2D eigenvalue weighted by Crippen LogP contribution is -2.28. The minimum absolute atomic E-state index is 0.0383. The van der Waals surface area contributed by atoms with Crippen molar-refractivity contribution < 1.29 is 14.3 Å². The van der Waals surface area contributed by atoms with Crippen LogP contribution in [-0.4, -0.2) is 29.7 Å². The summed E-state index contributed by atoms with van der Waals surface area (Å²) in [5, 5.41) is 4.05. The van der Waals surface area contributed by atoms with Crippen LogP contribution in [0, 0.1) is 0 Å². The minimum atomic E-state index is -0.143. The molecule has 0 aliphatic rings. The molecule has 0 radical (unpaired) electrons. The lowest BCUT2D eigenvalue weighted by atomic mass is 10.1. The fourth-order valence-corrected chi connectivity index (χ4v) is 3.10. The van der Waals surface area contributed by atoms with E-state index in [-0.39, 0.29) is 11.9 Å². The third-order valence-electron chi connectivity index (χ3n) is 4.45. The predicted octanol–water partition coefficient (Wildman–Crippen LogP) is 3.01. The van der Waals surface area contributed by atoms with Crippen LogP contribution in [0.2, 0.25) is 0 Å². The molecule has 0 saturated heterocycles. The molecule has 2 aromatic heterocycles. The van der Waals surface area contributed by atoms with Crippen LogP contribution in [0.1, 0.15) is 24.1 Å². The van der Waals surface area contributed by atoms with E-state index in [1.54, 1.807) is 20.4 Å². The summed E-state index contributed by atoms with van der Waals surface area (Å²) < 4.78 is 12.5. The molecule has 6 nitrogen and oxygen atoms in total. The van der Waals surface area contributed by atoms with Gasteiger partial charge < -0.3 is 19.4 Å². The fourth-order valence-electron chi connectivity index (χ4n) is 3.10. The van der Waals surface area contributed by atoms with Gasteiger partial charge in [-0.2, -0.15) is 0 Å². The molecule has 0 bridgehead atoms. The molecule has 136 valence electrons. The minimum Gasteiger partial charge on any atom is -0.493 e. The highest BCUT2D eigenvalue weighted by atomic mass is 16.5. The van der Waals surface area contributed by atoms with E-state index in [0.717, 1.165) is 22.2 Å². The molecule has 1 atom stereocenters. The number of rotatable bonds is 6. The quantitative estimate of drug-likeness (QED) is 0.740. The Kier molecular flexibility index (Phi) is 5.11. The van der Waals surface area contributed by atoms with Crippen LogP contribution in [0.15, 0.2) is 42.7 Å². The summed E-state index contributed by atoms with van der Waals surface area (Å²) in [6.07, 6.45) is 4.02. The molecule has 0 fully saturated rings. The van der Waals surface area contributed by atoms with E-state index in [1.165, 1.54) is 0 Å². The monoisotopic (exact) mass is 353 g/mol. The molecule has 6 heteroatoms. The van der Waals surface area contributed by atoms with Crippen molar-refractivity contribution in [2.24, 2.45) is 7.05 Å². The number of nitrogens with zero attached hydrogens (tertiary/aromatic N) is 2. The van der Waals surface area contributed by atoms with Gasteiger partial charge in [0, 0.05) is 24.8 Å². The summed E-state index contributed by atoms with van der Waals surface area (Å²) in [5.74, 6) is 1.27. The zero-order chi connectivity index (χ0) is 18.7. The van der Waals surface area contributed by atoms with Gasteiger partial charge in [-0.1, -0.05) is 6.07 Å². The SMILES string of the molecule is COc1ccc(C(C)NC(=O)Cc2cn(C)c3ncccc23)cc1OC. The largest absolute Gasteiger partial charge is 0.493 e. The first kappa shape index (κ1) is 17.8. The number of hydrogen-bond acceptors (Lipinski definition) is 4. The van der Waals surface area contributed by atoms with E-state index in [2.05, 4.69) is 10.3 Å². The molecule has 26 heavy (non-hydrogen) atoms. The van der Waals surface area contributed by atoms with Gasteiger partial charge in [0.25, 0.3) is 0 Å². The molecular weight excluding hydrogens is 330 g/mol. The second-order valence-corrected chi connectivity index (χ2v) is 6.22. The summed E-state index contributed by atoms with van der Waals surface area (Å²) in [4.78, 5) is 16.9. The number of pyridine rings is 1. The van der Waals surface area contributed by atoms with Crippen molar-refractivity contribution in [3.8, 4) is 11.5 Å². The summed E-state index contributed by atoms with van der Waals surface area (Å²) in [7, 11) is 5.13. The van der Waals surface area contributed by atoms with Crippen molar-refractivity contribution >= 4 is 16.9 Å². The first-order valence-corrected chi connectivity index (χ1v) is 8.43. The second kappa shape index (κ2) is 7.47. The molecule has 0 spiro atoms. The summed E-state index contributed by atoms with van der Waals surface area (Å²) in [5.41, 5.74) is 2.80. The zero-order valence-corrected chi connectivity index (χ0v) is 15.4. The molecule has 1 N–H and O–H groups in total. The summed E-state index contributed by atoms with van der Waals surface area (Å²) >= 11 is 0. The predicted molar refractivity (Wildman–Crippen MR) is 101 cm³/mol. The van der Waals surface area contributed by atoms with Gasteiger partial charge in [-0.15, -0.1) is 0 Å². The molecule has 1 unspecified atom stereocenters. The number of fused-ring (bicyclic) bond motifs is 1. The Hall–Kier alpha value is -3.02. The van der Waals surface area contributed by atoms with Gasteiger partial charge in [-0.3, -0.25) is 4.79 Å². The maximum Gasteiger partial charge on any atom is 0.224 e. The van der Waals surface area contributed by atoms with E-state index in [0.29, 0.717) is 17.9 Å². The van der Waals surface area contributed by atoms with Gasteiger partial charge in [0.05, 0.1) is 26.7 Å². The van der Waals surface area contributed by atoms with E-state index < -0.39 is 0 Å². The topological polar surface area (TPSA) is 65.4 Å². The van der Waals surface area contributed by atoms with Crippen molar-refractivity contribution in [2.45, 2.75) is 19.4 Å². The number of carbonyl (C=O) groups excluding carboxylic acids is 1. The number of hydrogen-bond donors (Lipinski definition) is 1. The number of methoxy groups -OCH3 is 2. The Balaban J connectivity index is 1.73. The number of aromatic nitrogens is 2. The van der Waals surface area contributed by atoms with Crippen molar-refractivity contribution in [1.82, 2.24) is 14.9 Å². The van der Waals surface area contributed by atoms with E-state index >= 15 is 0 Å². The fraction of sp³-hybridized carbons (Fsp3) is 0.300.